The molecule has 6 nitrogen and oxygen atoms in total. The molecule has 0 radical (unpaired) electrons. The lowest BCUT2D eigenvalue weighted by atomic mass is 10.1. The zero-order valence-electron chi connectivity index (χ0n) is 12.2. The molecule has 0 aliphatic rings. The van der Waals surface area contributed by atoms with Gasteiger partial charge in [0.15, 0.2) is 5.13 Å². The van der Waals surface area contributed by atoms with E-state index in [4.69, 9.17) is 4.74 Å². The molecule has 0 bridgehead atoms. The number of methoxy groups -OCH3 is 2. The SMILES string of the molecule is COC(=O)CCCc1csc(NC(=O)C(C)(C)OC)n1. The monoisotopic (exact) mass is 300 g/mol. The van der Waals surface area contributed by atoms with Gasteiger partial charge >= 0.3 is 5.97 Å². The fourth-order valence-corrected chi connectivity index (χ4v) is 2.08. The minimum Gasteiger partial charge on any atom is -0.469 e. The van der Waals surface area contributed by atoms with Crippen molar-refractivity contribution in [1.29, 1.82) is 0 Å². The van der Waals surface area contributed by atoms with E-state index in [9.17, 15) is 9.59 Å². The predicted molar refractivity (Wildman–Crippen MR) is 76.8 cm³/mol. The van der Waals surface area contributed by atoms with Crippen LogP contribution in [0.2, 0.25) is 0 Å². The predicted octanol–water partition coefficient (Wildman–Crippen LogP) is 2.00. The van der Waals surface area contributed by atoms with Gasteiger partial charge in [0.2, 0.25) is 0 Å². The van der Waals surface area contributed by atoms with Gasteiger partial charge in [-0.25, -0.2) is 4.98 Å². The number of ether oxygens (including phenoxy) is 2. The Hall–Kier alpha value is -1.47. The van der Waals surface area contributed by atoms with Crippen molar-refractivity contribution < 1.29 is 19.1 Å². The lowest BCUT2D eigenvalue weighted by Crippen LogP contribution is -2.38. The molecule has 1 rings (SSSR count). The van der Waals surface area contributed by atoms with Crippen LogP contribution in [0.25, 0.3) is 0 Å². The van der Waals surface area contributed by atoms with E-state index in [0.29, 0.717) is 24.4 Å². The minimum absolute atomic E-state index is 0.226. The van der Waals surface area contributed by atoms with Gasteiger partial charge in [0, 0.05) is 18.9 Å². The Balaban J connectivity index is 2.47. The van der Waals surface area contributed by atoms with Gasteiger partial charge in [-0.1, -0.05) is 0 Å². The highest BCUT2D eigenvalue weighted by Crippen LogP contribution is 2.19. The molecule has 1 aromatic rings. The van der Waals surface area contributed by atoms with E-state index in [1.165, 1.54) is 25.6 Å². The van der Waals surface area contributed by atoms with Crippen LogP contribution in [-0.4, -0.2) is 36.7 Å². The van der Waals surface area contributed by atoms with Gasteiger partial charge in [0.05, 0.1) is 12.8 Å². The van der Waals surface area contributed by atoms with Gasteiger partial charge in [-0.3, -0.25) is 14.9 Å². The Bertz CT molecular complexity index is 471. The number of hydrogen-bond donors (Lipinski definition) is 1. The largest absolute Gasteiger partial charge is 0.469 e. The standard InChI is InChI=1S/C13H20N2O4S/c1-13(2,19-4)11(17)15-12-14-9(8-20-12)6-5-7-10(16)18-3/h8H,5-7H2,1-4H3,(H,14,15,17). The van der Waals surface area contributed by atoms with Crippen LogP contribution in [0, 0.1) is 0 Å². The van der Waals surface area contributed by atoms with Crippen molar-refractivity contribution in [3.05, 3.63) is 11.1 Å². The number of rotatable bonds is 7. The van der Waals surface area contributed by atoms with Gasteiger partial charge in [-0.05, 0) is 26.7 Å². The van der Waals surface area contributed by atoms with Crippen molar-refractivity contribution in [3.63, 3.8) is 0 Å². The van der Waals surface area contributed by atoms with E-state index < -0.39 is 5.60 Å². The van der Waals surface area contributed by atoms with Crippen LogP contribution < -0.4 is 5.32 Å². The lowest BCUT2D eigenvalue weighted by molar-refractivity contribution is -0.140. The topological polar surface area (TPSA) is 77.5 Å². The van der Waals surface area contributed by atoms with Crippen LogP contribution in [0.5, 0.6) is 0 Å². The average Bonchev–Trinajstić information content (AvgIpc) is 2.86. The number of thiazole rings is 1. The van der Waals surface area contributed by atoms with Crippen molar-refractivity contribution in [2.24, 2.45) is 0 Å². The summed E-state index contributed by atoms with van der Waals surface area (Å²) < 4.78 is 9.66. The zero-order valence-corrected chi connectivity index (χ0v) is 13.0. The van der Waals surface area contributed by atoms with Crippen molar-refractivity contribution in [2.45, 2.75) is 38.7 Å². The Morgan fingerprint density at radius 2 is 2.10 bits per heavy atom. The number of nitrogens with one attached hydrogen (secondary N) is 1. The molecule has 0 aliphatic carbocycles. The molecule has 1 aromatic heterocycles. The van der Waals surface area contributed by atoms with E-state index >= 15 is 0 Å². The van der Waals surface area contributed by atoms with Gasteiger partial charge < -0.3 is 9.47 Å². The van der Waals surface area contributed by atoms with E-state index in [2.05, 4.69) is 15.0 Å². The first-order chi connectivity index (χ1) is 9.39. The third-order valence-corrected chi connectivity index (χ3v) is 3.68. The second kappa shape index (κ2) is 7.35. The molecule has 0 aromatic carbocycles. The molecule has 0 spiro atoms. The summed E-state index contributed by atoms with van der Waals surface area (Å²) in [6.45, 7) is 3.38. The van der Waals surface area contributed by atoms with Gasteiger partial charge in [-0.2, -0.15) is 0 Å². The summed E-state index contributed by atoms with van der Waals surface area (Å²) in [4.78, 5) is 27.2. The van der Waals surface area contributed by atoms with Crippen molar-refractivity contribution in [2.75, 3.05) is 19.5 Å². The van der Waals surface area contributed by atoms with Crippen LogP contribution in [0.3, 0.4) is 0 Å². The molecular formula is C13H20N2O4S. The first kappa shape index (κ1) is 16.6. The molecule has 0 fully saturated rings. The van der Waals surface area contributed by atoms with Crippen LogP contribution in [0.4, 0.5) is 5.13 Å². The van der Waals surface area contributed by atoms with E-state index in [1.807, 2.05) is 5.38 Å². The number of nitrogens with zero attached hydrogens (tertiary/aromatic N) is 1. The second-order valence-corrected chi connectivity index (χ2v) is 5.60. The number of carbonyl (C=O) groups excluding carboxylic acids is 2. The van der Waals surface area contributed by atoms with Gasteiger partial charge in [0.25, 0.3) is 5.91 Å². The van der Waals surface area contributed by atoms with E-state index in [-0.39, 0.29) is 11.9 Å². The fourth-order valence-electron chi connectivity index (χ4n) is 1.34. The van der Waals surface area contributed by atoms with Crippen LogP contribution >= 0.6 is 11.3 Å². The molecule has 0 unspecified atom stereocenters. The number of anilines is 1. The average molecular weight is 300 g/mol. The number of carbonyl (C=O) groups is 2. The molecule has 1 heterocycles. The summed E-state index contributed by atoms with van der Waals surface area (Å²) in [7, 11) is 2.86. The van der Waals surface area contributed by atoms with Gasteiger partial charge in [0.1, 0.15) is 5.60 Å². The second-order valence-electron chi connectivity index (χ2n) is 4.74. The summed E-state index contributed by atoms with van der Waals surface area (Å²) in [6, 6.07) is 0. The number of hydrogen-bond acceptors (Lipinski definition) is 6. The highest BCUT2D eigenvalue weighted by atomic mass is 32.1. The Morgan fingerprint density at radius 1 is 1.40 bits per heavy atom. The quantitative estimate of drug-likeness (QED) is 0.779. The number of aromatic nitrogens is 1. The molecule has 1 amide bonds. The molecule has 0 aliphatic heterocycles. The molecule has 112 valence electrons. The molecular weight excluding hydrogens is 280 g/mol. The van der Waals surface area contributed by atoms with Gasteiger partial charge in [-0.15, -0.1) is 11.3 Å². The summed E-state index contributed by atoms with van der Waals surface area (Å²) in [6.07, 6.45) is 1.72. The molecule has 7 heteroatoms. The lowest BCUT2D eigenvalue weighted by Gasteiger charge is -2.20. The van der Waals surface area contributed by atoms with E-state index in [0.717, 1.165) is 5.69 Å². The first-order valence-electron chi connectivity index (χ1n) is 6.27. The number of esters is 1. The maximum Gasteiger partial charge on any atom is 0.305 e. The van der Waals surface area contributed by atoms with Crippen LogP contribution in [0.1, 0.15) is 32.4 Å². The third-order valence-electron chi connectivity index (χ3n) is 2.87. The number of aryl methyl sites for hydroxylation is 1. The fraction of sp³-hybridized carbons (Fsp3) is 0.615. The minimum atomic E-state index is -0.892. The summed E-state index contributed by atoms with van der Waals surface area (Å²) in [5.74, 6) is -0.467. The maximum atomic E-state index is 11.9. The Kier molecular flexibility index (Phi) is 6.09. The maximum absolute atomic E-state index is 11.9. The Morgan fingerprint density at radius 3 is 2.70 bits per heavy atom. The molecule has 1 N–H and O–H groups in total. The summed E-state index contributed by atoms with van der Waals surface area (Å²) in [5, 5.41) is 5.12. The van der Waals surface area contributed by atoms with Crippen molar-refractivity contribution >= 4 is 28.3 Å². The summed E-state index contributed by atoms with van der Waals surface area (Å²) >= 11 is 1.35. The highest BCUT2D eigenvalue weighted by Gasteiger charge is 2.27. The molecule has 20 heavy (non-hydrogen) atoms. The van der Waals surface area contributed by atoms with Crippen LogP contribution in [-0.2, 0) is 25.5 Å². The van der Waals surface area contributed by atoms with Crippen LogP contribution in [0.15, 0.2) is 5.38 Å². The smallest absolute Gasteiger partial charge is 0.305 e. The first-order valence-corrected chi connectivity index (χ1v) is 7.15. The Labute approximate surface area is 122 Å². The summed E-state index contributed by atoms with van der Waals surface area (Å²) in [5.41, 5.74) is -0.0408. The molecule has 0 atom stereocenters. The van der Waals surface area contributed by atoms with E-state index in [1.54, 1.807) is 13.8 Å². The third kappa shape index (κ3) is 4.90. The number of amides is 1. The molecule has 0 saturated heterocycles. The van der Waals surface area contributed by atoms with Crippen molar-refractivity contribution in [3.8, 4) is 0 Å². The highest BCUT2D eigenvalue weighted by molar-refractivity contribution is 7.13. The molecule has 0 saturated carbocycles. The van der Waals surface area contributed by atoms with Crippen molar-refractivity contribution in [1.82, 2.24) is 4.98 Å². The normalized spacial score (nSPS) is 11.2. The zero-order chi connectivity index (χ0) is 15.2.